The van der Waals surface area contributed by atoms with E-state index in [2.05, 4.69) is 10.1 Å². The van der Waals surface area contributed by atoms with E-state index in [1.54, 1.807) is 7.11 Å². The molecule has 0 aliphatic heterocycles. The van der Waals surface area contributed by atoms with Gasteiger partial charge in [-0.25, -0.2) is 9.50 Å². The van der Waals surface area contributed by atoms with Gasteiger partial charge < -0.3 is 4.74 Å². The molecule has 2 heterocycles. The Bertz CT molecular complexity index is 489. The van der Waals surface area contributed by atoms with E-state index < -0.39 is 0 Å². The highest BCUT2D eigenvalue weighted by Gasteiger charge is 2.10. The number of ether oxygens (including phenoxy) is 1. The highest BCUT2D eigenvalue weighted by Crippen LogP contribution is 2.24. The Morgan fingerprint density at radius 3 is 2.11 bits per heavy atom. The Hall–Kier alpha value is -1.58. The monoisotopic (exact) mass is 251 g/mol. The van der Waals surface area contributed by atoms with Gasteiger partial charge in [-0.2, -0.15) is 5.10 Å². The maximum atomic E-state index is 5.24. The summed E-state index contributed by atoms with van der Waals surface area (Å²) in [4.78, 5) is 4.32. The number of nitrogens with zero attached hydrogens (tertiary/aromatic N) is 3. The van der Waals surface area contributed by atoms with E-state index in [1.165, 1.54) is 0 Å². The van der Waals surface area contributed by atoms with Gasteiger partial charge in [0.25, 0.3) is 0 Å². The van der Waals surface area contributed by atoms with Gasteiger partial charge in [0, 0.05) is 5.56 Å². The number of fused-ring (bicyclic) bond motifs is 1. The van der Waals surface area contributed by atoms with Crippen LogP contribution in [0.2, 0.25) is 0 Å². The number of methoxy groups -OCH3 is 1. The Morgan fingerprint density at radius 2 is 1.61 bits per heavy atom. The van der Waals surface area contributed by atoms with Crippen LogP contribution in [0.5, 0.6) is 5.75 Å². The molecule has 0 amide bonds. The van der Waals surface area contributed by atoms with Gasteiger partial charge in [0.05, 0.1) is 24.5 Å². The van der Waals surface area contributed by atoms with Gasteiger partial charge in [0.2, 0.25) is 0 Å². The molecule has 102 valence electrons. The van der Waals surface area contributed by atoms with Crippen molar-refractivity contribution in [3.8, 4) is 5.75 Å². The molecule has 0 saturated heterocycles. The van der Waals surface area contributed by atoms with Gasteiger partial charge in [-0.3, -0.25) is 0 Å². The SMILES string of the molecule is CC.CC.COc1cn2nc(C)nc(C)c2c1C. The molecule has 18 heavy (non-hydrogen) atoms. The first-order chi connectivity index (χ1) is 8.63. The lowest BCUT2D eigenvalue weighted by atomic mass is 10.2. The van der Waals surface area contributed by atoms with Crippen molar-refractivity contribution in [2.45, 2.75) is 48.5 Å². The fraction of sp³-hybridized carbons (Fsp3) is 0.571. The Kier molecular flexibility index (Phi) is 7.01. The van der Waals surface area contributed by atoms with Gasteiger partial charge in [-0.15, -0.1) is 0 Å². The molecule has 2 rings (SSSR count). The van der Waals surface area contributed by atoms with Gasteiger partial charge in [-0.1, -0.05) is 27.7 Å². The Morgan fingerprint density at radius 1 is 1.06 bits per heavy atom. The molecule has 4 nitrogen and oxygen atoms in total. The predicted molar refractivity (Wildman–Crippen MR) is 76.4 cm³/mol. The van der Waals surface area contributed by atoms with E-state index >= 15 is 0 Å². The summed E-state index contributed by atoms with van der Waals surface area (Å²) in [5.41, 5.74) is 3.11. The zero-order valence-electron chi connectivity index (χ0n) is 12.8. The quantitative estimate of drug-likeness (QED) is 0.775. The van der Waals surface area contributed by atoms with E-state index in [4.69, 9.17) is 4.74 Å². The maximum Gasteiger partial charge on any atom is 0.146 e. The summed E-state index contributed by atoms with van der Waals surface area (Å²) in [7, 11) is 1.66. The highest BCUT2D eigenvalue weighted by atomic mass is 16.5. The number of aryl methyl sites for hydroxylation is 3. The molecule has 0 fully saturated rings. The summed E-state index contributed by atoms with van der Waals surface area (Å²) in [6.07, 6.45) is 1.88. The minimum Gasteiger partial charge on any atom is -0.495 e. The number of hydrogen-bond acceptors (Lipinski definition) is 3. The van der Waals surface area contributed by atoms with Crippen molar-refractivity contribution in [3.05, 3.63) is 23.3 Å². The van der Waals surface area contributed by atoms with Crippen molar-refractivity contribution in [2.75, 3.05) is 7.11 Å². The maximum absolute atomic E-state index is 5.24. The average molecular weight is 251 g/mol. The van der Waals surface area contributed by atoms with Gasteiger partial charge in [0.15, 0.2) is 0 Å². The van der Waals surface area contributed by atoms with Crippen LogP contribution in [0.1, 0.15) is 44.8 Å². The van der Waals surface area contributed by atoms with Gasteiger partial charge in [-0.05, 0) is 20.8 Å². The van der Waals surface area contributed by atoms with E-state index in [9.17, 15) is 0 Å². The molecule has 2 aromatic rings. The molecular formula is C14H25N3O. The summed E-state index contributed by atoms with van der Waals surface area (Å²) in [6, 6.07) is 0. The van der Waals surface area contributed by atoms with Crippen LogP contribution in [0.15, 0.2) is 6.20 Å². The van der Waals surface area contributed by atoms with Gasteiger partial charge >= 0.3 is 0 Å². The average Bonchev–Trinajstić information content (AvgIpc) is 2.70. The largest absolute Gasteiger partial charge is 0.495 e. The van der Waals surface area contributed by atoms with Crippen LogP contribution in [0, 0.1) is 20.8 Å². The van der Waals surface area contributed by atoms with Crippen LogP contribution in [0.25, 0.3) is 5.52 Å². The van der Waals surface area contributed by atoms with Crippen molar-refractivity contribution >= 4 is 5.52 Å². The van der Waals surface area contributed by atoms with Crippen LogP contribution < -0.4 is 4.74 Å². The number of aromatic nitrogens is 3. The molecule has 0 saturated carbocycles. The van der Waals surface area contributed by atoms with Crippen molar-refractivity contribution in [1.29, 1.82) is 0 Å². The molecule has 4 heteroatoms. The molecule has 0 bridgehead atoms. The number of rotatable bonds is 1. The third kappa shape index (κ3) is 3.22. The lowest BCUT2D eigenvalue weighted by Crippen LogP contribution is -1.99. The zero-order valence-corrected chi connectivity index (χ0v) is 12.8. The van der Waals surface area contributed by atoms with E-state index in [0.29, 0.717) is 0 Å². The predicted octanol–water partition coefficient (Wildman–Crippen LogP) is 3.72. The normalized spacial score (nSPS) is 9.11. The van der Waals surface area contributed by atoms with Crippen LogP contribution >= 0.6 is 0 Å². The second-order valence-corrected chi connectivity index (χ2v) is 3.36. The molecule has 2 aromatic heterocycles. The topological polar surface area (TPSA) is 39.4 Å². The molecule has 0 aromatic carbocycles. The molecule has 0 spiro atoms. The van der Waals surface area contributed by atoms with E-state index in [0.717, 1.165) is 28.3 Å². The Balaban J connectivity index is 0.000000659. The first-order valence-electron chi connectivity index (χ1n) is 6.50. The minimum absolute atomic E-state index is 0.771. The molecule has 0 unspecified atom stereocenters. The van der Waals surface area contributed by atoms with Crippen molar-refractivity contribution in [2.24, 2.45) is 0 Å². The summed E-state index contributed by atoms with van der Waals surface area (Å²) >= 11 is 0. The smallest absolute Gasteiger partial charge is 0.146 e. The molecule has 0 atom stereocenters. The van der Waals surface area contributed by atoms with Crippen LogP contribution in [-0.4, -0.2) is 21.7 Å². The third-order valence-corrected chi connectivity index (χ3v) is 2.34. The molecule has 0 radical (unpaired) electrons. The van der Waals surface area contributed by atoms with Crippen molar-refractivity contribution in [3.63, 3.8) is 0 Å². The third-order valence-electron chi connectivity index (χ3n) is 2.34. The van der Waals surface area contributed by atoms with Crippen molar-refractivity contribution < 1.29 is 4.74 Å². The van der Waals surface area contributed by atoms with Crippen molar-refractivity contribution in [1.82, 2.24) is 14.6 Å². The Labute approximate surface area is 110 Å². The summed E-state index contributed by atoms with van der Waals surface area (Å²) < 4.78 is 7.06. The standard InChI is InChI=1S/C10H13N3O.2C2H6/c1-6-9(14-4)5-13-10(6)7(2)11-8(3)12-13;2*1-2/h5H,1-4H3;2*1-2H3. The molecule has 0 aliphatic rings. The first kappa shape index (κ1) is 16.4. The minimum atomic E-state index is 0.771. The summed E-state index contributed by atoms with van der Waals surface area (Å²) in [6.45, 7) is 13.9. The molecular weight excluding hydrogens is 226 g/mol. The molecule has 0 N–H and O–H groups in total. The fourth-order valence-corrected chi connectivity index (χ4v) is 1.76. The van der Waals surface area contributed by atoms with Crippen LogP contribution in [-0.2, 0) is 0 Å². The lowest BCUT2D eigenvalue weighted by molar-refractivity contribution is 0.412. The second-order valence-electron chi connectivity index (χ2n) is 3.36. The zero-order chi connectivity index (χ0) is 14.3. The second kappa shape index (κ2) is 7.69. The first-order valence-corrected chi connectivity index (χ1v) is 6.50. The van der Waals surface area contributed by atoms with Crippen LogP contribution in [0.3, 0.4) is 0 Å². The summed E-state index contributed by atoms with van der Waals surface area (Å²) in [5.74, 6) is 1.63. The van der Waals surface area contributed by atoms with E-state index in [-0.39, 0.29) is 0 Å². The summed E-state index contributed by atoms with van der Waals surface area (Å²) in [5, 5.41) is 4.29. The van der Waals surface area contributed by atoms with Crippen LogP contribution in [0.4, 0.5) is 0 Å². The highest BCUT2D eigenvalue weighted by molar-refractivity contribution is 5.63. The lowest BCUT2D eigenvalue weighted by Gasteiger charge is -2.00. The van der Waals surface area contributed by atoms with Gasteiger partial charge in [0.1, 0.15) is 11.6 Å². The fourth-order valence-electron chi connectivity index (χ4n) is 1.76. The number of hydrogen-bond donors (Lipinski definition) is 0. The van der Waals surface area contributed by atoms with E-state index in [1.807, 2.05) is 59.2 Å². The molecule has 0 aliphatic carbocycles.